The van der Waals surface area contributed by atoms with E-state index < -0.39 is 10.8 Å². The summed E-state index contributed by atoms with van der Waals surface area (Å²) in [7, 11) is 0. The van der Waals surface area contributed by atoms with E-state index >= 15 is 0 Å². The molecular formula is C58H32S6. The summed E-state index contributed by atoms with van der Waals surface area (Å²) >= 11 is 11.8. The highest BCUT2D eigenvalue weighted by Crippen LogP contribution is 2.70. The van der Waals surface area contributed by atoms with Gasteiger partial charge >= 0.3 is 0 Å². The van der Waals surface area contributed by atoms with Crippen molar-refractivity contribution in [3.63, 3.8) is 0 Å². The zero-order valence-corrected chi connectivity index (χ0v) is 38.8. The van der Waals surface area contributed by atoms with Gasteiger partial charge in [0.15, 0.2) is 0 Å². The Hall–Kier alpha value is -5.70. The molecule has 1 aliphatic carbocycles. The predicted molar refractivity (Wildman–Crippen MR) is 277 cm³/mol. The van der Waals surface area contributed by atoms with Crippen molar-refractivity contribution >= 4 is 109 Å². The molecular weight excluding hydrogens is 889 g/mol. The smallest absolute Gasteiger partial charge is 0.0831 e. The second-order valence-electron chi connectivity index (χ2n) is 17.0. The second-order valence-corrected chi connectivity index (χ2v) is 23.3. The fourth-order valence-corrected chi connectivity index (χ4v) is 19.3. The van der Waals surface area contributed by atoms with E-state index in [0.29, 0.717) is 0 Å². The van der Waals surface area contributed by atoms with E-state index in [9.17, 15) is 0 Å². The van der Waals surface area contributed by atoms with Gasteiger partial charge in [-0.3, -0.25) is 0 Å². The third-order valence-electron chi connectivity index (χ3n) is 13.9. The van der Waals surface area contributed by atoms with E-state index in [-0.39, 0.29) is 0 Å². The number of fused-ring (bicyclic) bond motifs is 20. The van der Waals surface area contributed by atoms with Gasteiger partial charge in [0.2, 0.25) is 0 Å². The average Bonchev–Trinajstić information content (AvgIpc) is 4.16. The molecule has 0 unspecified atom stereocenters. The maximum Gasteiger partial charge on any atom is 0.0831 e. The third kappa shape index (κ3) is 4.66. The SMILES string of the molecule is c1ccc2c(c1)Sc1ccccc1C21c2cc(-c3cccc4c3sc3ccccc34)sc2C2(c3ccccc3Sc3ccccc32)c2cc(-c3cccc4c3sc3ccccc34)sc21. The first-order valence-electron chi connectivity index (χ1n) is 21.6. The van der Waals surface area contributed by atoms with Crippen molar-refractivity contribution in [1.29, 1.82) is 0 Å². The van der Waals surface area contributed by atoms with Crippen LogP contribution in [0.15, 0.2) is 214 Å². The molecule has 6 heterocycles. The third-order valence-corrected chi connectivity index (χ3v) is 21.2. The quantitative estimate of drug-likeness (QED) is 0.169. The Balaban J connectivity index is 1.14. The highest BCUT2D eigenvalue weighted by Gasteiger charge is 2.60. The molecule has 6 heteroatoms. The van der Waals surface area contributed by atoms with Gasteiger partial charge in [0.1, 0.15) is 0 Å². The van der Waals surface area contributed by atoms with E-state index in [1.807, 2.05) is 68.9 Å². The van der Waals surface area contributed by atoms with E-state index in [1.165, 1.54) is 124 Å². The lowest BCUT2D eigenvalue weighted by molar-refractivity contribution is 0.609. The number of thiophene rings is 4. The van der Waals surface area contributed by atoms with Crippen molar-refractivity contribution in [3.8, 4) is 20.9 Å². The van der Waals surface area contributed by atoms with Crippen LogP contribution in [0, 0.1) is 0 Å². The second kappa shape index (κ2) is 13.4. The molecule has 0 N–H and O–H groups in total. The fourth-order valence-electron chi connectivity index (χ4n) is 11.3. The van der Waals surface area contributed by atoms with Gasteiger partial charge in [-0.25, -0.2) is 0 Å². The van der Waals surface area contributed by atoms with E-state index in [2.05, 4.69) is 194 Å². The Bertz CT molecular complexity index is 3550. The Kier molecular flexibility index (Phi) is 7.68. The Morgan fingerprint density at radius 3 is 1.03 bits per heavy atom. The number of benzene rings is 8. The standard InChI is InChI=1S/C58H32S6/c1-7-25-45-33(15-1)35-17-13-19-37(53(35)61-45)51-31-43-55(63-51)58(41-23-5-11-29-49(41)60-50-30-12-6-24-42(50)58)44-32-52(38-20-14-18-36-34-16-2-8-26-46(34)62-54(36)38)64-56(44)57(43)39-21-3-9-27-47(39)59-48-28-10-4-22-40(48)57/h1-32H. The molecule has 0 atom stereocenters. The van der Waals surface area contributed by atoms with Crippen LogP contribution in [0.2, 0.25) is 0 Å². The Morgan fingerprint density at radius 1 is 0.281 bits per heavy atom. The Labute approximate surface area is 394 Å². The fraction of sp³-hybridized carbons (Fsp3) is 0.0345. The monoisotopic (exact) mass is 920 g/mol. The molecule has 4 aromatic heterocycles. The number of hydrogen-bond donors (Lipinski definition) is 0. The summed E-state index contributed by atoms with van der Waals surface area (Å²) in [6, 6.07) is 74.3. The first kappa shape index (κ1) is 36.6. The summed E-state index contributed by atoms with van der Waals surface area (Å²) in [5, 5.41) is 5.34. The van der Waals surface area contributed by atoms with Crippen molar-refractivity contribution in [3.05, 3.63) is 237 Å². The van der Waals surface area contributed by atoms with Crippen LogP contribution in [0.4, 0.5) is 0 Å². The van der Waals surface area contributed by atoms with Crippen LogP contribution in [-0.4, -0.2) is 0 Å². The van der Waals surface area contributed by atoms with Crippen LogP contribution in [0.1, 0.15) is 43.1 Å². The van der Waals surface area contributed by atoms with Gasteiger partial charge in [-0.2, -0.15) is 0 Å². The normalized spacial score (nSPS) is 15.0. The topological polar surface area (TPSA) is 0 Å². The summed E-state index contributed by atoms with van der Waals surface area (Å²) < 4.78 is 5.39. The van der Waals surface area contributed by atoms with E-state index in [1.54, 1.807) is 0 Å². The summed E-state index contributed by atoms with van der Waals surface area (Å²) in [5.41, 5.74) is 9.82. The summed E-state index contributed by atoms with van der Waals surface area (Å²) in [6.07, 6.45) is 0. The van der Waals surface area contributed by atoms with Crippen molar-refractivity contribution < 1.29 is 0 Å². The lowest BCUT2D eigenvalue weighted by Gasteiger charge is -2.51. The van der Waals surface area contributed by atoms with Crippen molar-refractivity contribution in [2.75, 3.05) is 0 Å². The molecule has 64 heavy (non-hydrogen) atoms. The molecule has 0 amide bonds. The lowest BCUT2D eigenvalue weighted by atomic mass is 9.55. The predicted octanol–water partition coefficient (Wildman–Crippen LogP) is 17.9. The zero-order chi connectivity index (χ0) is 41.7. The minimum Gasteiger partial charge on any atom is -0.138 e. The van der Waals surface area contributed by atoms with Crippen LogP contribution in [0.5, 0.6) is 0 Å². The van der Waals surface area contributed by atoms with Crippen molar-refractivity contribution in [1.82, 2.24) is 0 Å². The van der Waals surface area contributed by atoms with Crippen LogP contribution >= 0.6 is 68.9 Å². The minimum absolute atomic E-state index is 0.567. The van der Waals surface area contributed by atoms with E-state index in [0.717, 1.165) is 0 Å². The molecule has 0 nitrogen and oxygen atoms in total. The molecule has 0 radical (unpaired) electrons. The summed E-state index contributed by atoms with van der Waals surface area (Å²) in [5.74, 6) is 0. The minimum atomic E-state index is -0.567. The van der Waals surface area contributed by atoms with Crippen molar-refractivity contribution in [2.45, 2.75) is 30.4 Å². The molecule has 2 aliphatic heterocycles. The number of hydrogen-bond acceptors (Lipinski definition) is 6. The summed E-state index contributed by atoms with van der Waals surface area (Å²) in [4.78, 5) is 10.8. The number of rotatable bonds is 2. The van der Waals surface area contributed by atoms with Gasteiger partial charge in [-0.05, 0) is 81.9 Å². The molecule has 300 valence electrons. The zero-order valence-electron chi connectivity index (χ0n) is 33.9. The van der Waals surface area contributed by atoms with Gasteiger partial charge in [0, 0.05) is 90.6 Å². The highest BCUT2D eigenvalue weighted by molar-refractivity contribution is 7.99. The first-order chi connectivity index (χ1) is 31.7. The molecule has 0 fully saturated rings. The largest absolute Gasteiger partial charge is 0.138 e. The lowest BCUT2D eigenvalue weighted by Crippen LogP contribution is -2.45. The van der Waals surface area contributed by atoms with Gasteiger partial charge in [0.25, 0.3) is 0 Å². The highest BCUT2D eigenvalue weighted by atomic mass is 32.2. The molecule has 0 saturated carbocycles. The molecule has 8 aromatic carbocycles. The van der Waals surface area contributed by atoms with Crippen LogP contribution < -0.4 is 0 Å². The molecule has 3 aliphatic rings. The van der Waals surface area contributed by atoms with Gasteiger partial charge in [0.05, 0.1) is 10.8 Å². The molecule has 2 spiro atoms. The molecule has 0 bridgehead atoms. The van der Waals surface area contributed by atoms with Crippen molar-refractivity contribution in [2.24, 2.45) is 0 Å². The Morgan fingerprint density at radius 2 is 0.625 bits per heavy atom. The van der Waals surface area contributed by atoms with Crippen LogP contribution in [0.3, 0.4) is 0 Å². The summed E-state index contributed by atoms with van der Waals surface area (Å²) in [6.45, 7) is 0. The first-order valence-corrected chi connectivity index (χ1v) is 26.5. The van der Waals surface area contributed by atoms with Gasteiger partial charge in [-0.1, -0.05) is 169 Å². The van der Waals surface area contributed by atoms with Crippen LogP contribution in [-0.2, 0) is 10.8 Å². The average molecular weight is 921 g/mol. The van der Waals surface area contributed by atoms with E-state index in [4.69, 9.17) is 0 Å². The van der Waals surface area contributed by atoms with Gasteiger partial charge < -0.3 is 0 Å². The molecule has 12 aromatic rings. The molecule has 15 rings (SSSR count). The maximum absolute atomic E-state index is 2.65. The van der Waals surface area contributed by atoms with Gasteiger partial charge in [-0.15, -0.1) is 45.3 Å². The van der Waals surface area contributed by atoms with Crippen LogP contribution in [0.25, 0.3) is 61.2 Å². The maximum atomic E-state index is 2.65. The molecule has 0 saturated heterocycles.